The summed E-state index contributed by atoms with van der Waals surface area (Å²) < 4.78 is 0. The van der Waals surface area contributed by atoms with Gasteiger partial charge in [0.2, 0.25) is 11.8 Å². The van der Waals surface area contributed by atoms with Crippen molar-refractivity contribution in [2.75, 3.05) is 6.54 Å². The Morgan fingerprint density at radius 3 is 2.38 bits per heavy atom. The van der Waals surface area contributed by atoms with Crippen LogP contribution in [0.5, 0.6) is 0 Å². The molecule has 6 heteroatoms. The summed E-state index contributed by atoms with van der Waals surface area (Å²) in [6, 6.07) is 9.80. The third-order valence-corrected chi connectivity index (χ3v) is 5.70. The van der Waals surface area contributed by atoms with Crippen LogP contribution in [0, 0.1) is 11.8 Å². The number of amides is 2. The highest BCUT2D eigenvalue weighted by Gasteiger charge is 2.38. The zero-order chi connectivity index (χ0) is 18.7. The Morgan fingerprint density at radius 1 is 1.12 bits per heavy atom. The van der Waals surface area contributed by atoms with E-state index in [-0.39, 0.29) is 42.2 Å². The molecular formula is C20H26N2O4. The predicted octanol–water partition coefficient (Wildman–Crippen LogP) is 2.36. The molecular weight excluding hydrogens is 332 g/mol. The first-order chi connectivity index (χ1) is 12.5. The van der Waals surface area contributed by atoms with Crippen molar-refractivity contribution in [2.45, 2.75) is 51.1 Å². The molecule has 0 bridgehead atoms. The van der Waals surface area contributed by atoms with Crippen molar-refractivity contribution >= 4 is 17.8 Å². The topological polar surface area (TPSA) is 86.7 Å². The fraction of sp³-hybridized carbons (Fsp3) is 0.550. The van der Waals surface area contributed by atoms with Crippen LogP contribution in [0.3, 0.4) is 0 Å². The second-order valence-corrected chi connectivity index (χ2v) is 7.43. The Morgan fingerprint density at radius 2 is 1.77 bits per heavy atom. The predicted molar refractivity (Wildman–Crippen MR) is 96.2 cm³/mol. The number of nitrogens with zero attached hydrogens (tertiary/aromatic N) is 1. The van der Waals surface area contributed by atoms with Crippen LogP contribution in [0.1, 0.15) is 50.6 Å². The molecule has 0 aromatic heterocycles. The van der Waals surface area contributed by atoms with E-state index in [9.17, 15) is 14.4 Å². The Kier molecular flexibility index (Phi) is 5.59. The van der Waals surface area contributed by atoms with Gasteiger partial charge in [-0.1, -0.05) is 30.3 Å². The molecule has 140 valence electrons. The number of carbonyl (C=O) groups excluding carboxylic acids is 2. The van der Waals surface area contributed by atoms with Crippen LogP contribution in [-0.4, -0.2) is 40.4 Å². The van der Waals surface area contributed by atoms with Gasteiger partial charge in [-0.05, 0) is 38.2 Å². The van der Waals surface area contributed by atoms with E-state index in [1.54, 1.807) is 4.90 Å². The average molecular weight is 358 g/mol. The molecule has 1 aliphatic carbocycles. The van der Waals surface area contributed by atoms with Gasteiger partial charge in [0.25, 0.3) is 0 Å². The van der Waals surface area contributed by atoms with Crippen molar-refractivity contribution in [3.63, 3.8) is 0 Å². The second kappa shape index (κ2) is 7.89. The molecule has 2 N–H and O–H groups in total. The number of rotatable bonds is 5. The van der Waals surface area contributed by atoms with Crippen LogP contribution < -0.4 is 5.32 Å². The van der Waals surface area contributed by atoms with E-state index in [1.807, 2.05) is 37.3 Å². The average Bonchev–Trinajstić information content (AvgIpc) is 3.04. The Labute approximate surface area is 153 Å². The largest absolute Gasteiger partial charge is 0.481 e. The van der Waals surface area contributed by atoms with Gasteiger partial charge in [0.1, 0.15) is 0 Å². The molecule has 2 fully saturated rings. The summed E-state index contributed by atoms with van der Waals surface area (Å²) in [6.45, 7) is 2.42. The Balaban J connectivity index is 1.53. The molecule has 1 saturated carbocycles. The van der Waals surface area contributed by atoms with Gasteiger partial charge in [0.05, 0.1) is 17.9 Å². The molecule has 0 radical (unpaired) electrons. The van der Waals surface area contributed by atoms with Crippen LogP contribution in [0.4, 0.5) is 0 Å². The van der Waals surface area contributed by atoms with E-state index >= 15 is 0 Å². The number of benzene rings is 1. The SMILES string of the molecule is C[C@H](c1ccccc1)N1C[C@@H](C(=O)NC2CCC(C(=O)O)CC2)CC1=O. The monoisotopic (exact) mass is 358 g/mol. The number of carboxylic acid groups (broad SMARTS) is 1. The number of hydrogen-bond acceptors (Lipinski definition) is 3. The van der Waals surface area contributed by atoms with Gasteiger partial charge < -0.3 is 15.3 Å². The van der Waals surface area contributed by atoms with Gasteiger partial charge in [-0.25, -0.2) is 0 Å². The quantitative estimate of drug-likeness (QED) is 0.846. The Bertz CT molecular complexity index is 668. The summed E-state index contributed by atoms with van der Waals surface area (Å²) >= 11 is 0. The summed E-state index contributed by atoms with van der Waals surface area (Å²) in [6.07, 6.45) is 2.82. The van der Waals surface area contributed by atoms with E-state index in [0.29, 0.717) is 32.2 Å². The summed E-state index contributed by atoms with van der Waals surface area (Å²) in [7, 11) is 0. The van der Waals surface area contributed by atoms with Gasteiger partial charge in [-0.3, -0.25) is 14.4 Å². The van der Waals surface area contributed by atoms with Crippen molar-refractivity contribution < 1.29 is 19.5 Å². The molecule has 1 aromatic rings. The Hall–Kier alpha value is -2.37. The van der Waals surface area contributed by atoms with Crippen molar-refractivity contribution in [1.82, 2.24) is 10.2 Å². The fourth-order valence-electron chi connectivity index (χ4n) is 4.00. The van der Waals surface area contributed by atoms with Gasteiger partial charge in [-0.15, -0.1) is 0 Å². The minimum absolute atomic E-state index is 0.0103. The van der Waals surface area contributed by atoms with E-state index in [0.717, 1.165) is 5.56 Å². The third-order valence-electron chi connectivity index (χ3n) is 5.70. The van der Waals surface area contributed by atoms with E-state index in [1.165, 1.54) is 0 Å². The first-order valence-corrected chi connectivity index (χ1v) is 9.33. The van der Waals surface area contributed by atoms with Gasteiger partial charge in [-0.2, -0.15) is 0 Å². The number of likely N-dealkylation sites (tertiary alicyclic amines) is 1. The standard InChI is InChI=1S/C20H26N2O4/c1-13(14-5-3-2-4-6-14)22-12-16(11-18(22)23)19(24)21-17-9-7-15(8-10-17)20(25)26/h2-6,13,15-17H,7-12H2,1H3,(H,21,24)(H,25,26)/t13-,15?,16+,17?/m1/s1. The number of carboxylic acids is 1. The lowest BCUT2D eigenvalue weighted by Crippen LogP contribution is -2.42. The molecule has 26 heavy (non-hydrogen) atoms. The highest BCUT2D eigenvalue weighted by atomic mass is 16.4. The van der Waals surface area contributed by atoms with Gasteiger partial charge in [0, 0.05) is 19.0 Å². The number of hydrogen-bond donors (Lipinski definition) is 2. The van der Waals surface area contributed by atoms with Crippen LogP contribution >= 0.6 is 0 Å². The lowest BCUT2D eigenvalue weighted by Gasteiger charge is -2.28. The van der Waals surface area contributed by atoms with Crippen molar-refractivity contribution in [2.24, 2.45) is 11.8 Å². The van der Waals surface area contributed by atoms with Crippen LogP contribution in [0.25, 0.3) is 0 Å². The van der Waals surface area contributed by atoms with Crippen molar-refractivity contribution in [3.8, 4) is 0 Å². The maximum Gasteiger partial charge on any atom is 0.306 e. The molecule has 1 aromatic carbocycles. The fourth-order valence-corrected chi connectivity index (χ4v) is 4.00. The zero-order valence-electron chi connectivity index (χ0n) is 15.1. The molecule has 2 atom stereocenters. The minimum Gasteiger partial charge on any atom is -0.481 e. The molecule has 2 amide bonds. The van der Waals surface area contributed by atoms with Gasteiger partial charge >= 0.3 is 5.97 Å². The molecule has 1 saturated heterocycles. The number of nitrogens with one attached hydrogen (secondary N) is 1. The van der Waals surface area contributed by atoms with Gasteiger partial charge in [0.15, 0.2) is 0 Å². The lowest BCUT2D eigenvalue weighted by molar-refractivity contribution is -0.143. The number of aliphatic carboxylic acids is 1. The van der Waals surface area contributed by atoms with Crippen LogP contribution in [-0.2, 0) is 14.4 Å². The summed E-state index contributed by atoms with van der Waals surface area (Å²) in [5.41, 5.74) is 1.06. The maximum absolute atomic E-state index is 12.6. The third kappa shape index (κ3) is 4.06. The second-order valence-electron chi connectivity index (χ2n) is 7.43. The molecule has 0 spiro atoms. The molecule has 1 heterocycles. The highest BCUT2D eigenvalue weighted by molar-refractivity contribution is 5.89. The summed E-state index contributed by atoms with van der Waals surface area (Å²) in [5, 5.41) is 12.1. The lowest BCUT2D eigenvalue weighted by atomic mass is 9.86. The summed E-state index contributed by atoms with van der Waals surface area (Å²) in [5.74, 6) is -1.44. The van der Waals surface area contributed by atoms with Crippen LogP contribution in [0.2, 0.25) is 0 Å². The van der Waals surface area contributed by atoms with Crippen molar-refractivity contribution in [3.05, 3.63) is 35.9 Å². The molecule has 6 nitrogen and oxygen atoms in total. The van der Waals surface area contributed by atoms with Crippen LogP contribution in [0.15, 0.2) is 30.3 Å². The van der Waals surface area contributed by atoms with E-state index < -0.39 is 5.97 Å². The first-order valence-electron chi connectivity index (χ1n) is 9.33. The van der Waals surface area contributed by atoms with E-state index in [2.05, 4.69) is 5.32 Å². The minimum atomic E-state index is -0.748. The van der Waals surface area contributed by atoms with Crippen molar-refractivity contribution in [1.29, 1.82) is 0 Å². The molecule has 2 aliphatic rings. The summed E-state index contributed by atoms with van der Waals surface area (Å²) in [4.78, 5) is 37.8. The maximum atomic E-state index is 12.6. The zero-order valence-corrected chi connectivity index (χ0v) is 15.1. The smallest absolute Gasteiger partial charge is 0.306 e. The first kappa shape index (κ1) is 18.4. The normalized spacial score (nSPS) is 27.2. The number of carbonyl (C=O) groups is 3. The molecule has 3 rings (SSSR count). The highest BCUT2D eigenvalue weighted by Crippen LogP contribution is 2.29. The van der Waals surface area contributed by atoms with E-state index in [4.69, 9.17) is 5.11 Å². The molecule has 1 aliphatic heterocycles. The molecule has 0 unspecified atom stereocenters.